The molecular formula is C63H102O24. The highest BCUT2D eigenvalue weighted by molar-refractivity contribution is 5.88. The van der Waals surface area contributed by atoms with Crippen molar-refractivity contribution >= 4 is 71.6 Å². The van der Waals surface area contributed by atoms with Crippen molar-refractivity contribution in [1.82, 2.24) is 0 Å². The fraction of sp³-hybridized carbons (Fsp3) is 0.810. The van der Waals surface area contributed by atoms with E-state index < -0.39 is 86.9 Å². The highest BCUT2D eigenvalue weighted by Crippen LogP contribution is 2.34. The largest absolute Gasteiger partial charge is 0.465 e. The van der Waals surface area contributed by atoms with Gasteiger partial charge in [-0.2, -0.15) is 0 Å². The summed E-state index contributed by atoms with van der Waals surface area (Å²) in [5.41, 5.74) is -5.97. The standard InChI is InChI=1S/C14H22O6.C13H20O6.C13H22O4.C12H20O4.C11H18O4/c1-6-13(2,3)11(16)20-14(4,5)12(17)19-9-7-8-18-10(9)15;1-5-8(2)10(14)19-13(3,4)12(16)18-9-6-7-17-11(9)15;1-6-12(2,3)11(15)17-13(4,5)9-7-10(14)16-8-9;1-5-8(2)11(14)16-12(3,4)9-6-10(13)15-7-9;1-4-8(2)10(13)15-11(3)5-6-14-9(12)7-11/h9H,6-8H2,1-5H3;8-9H,5-7H2,1-4H3;9H,6-8H2,1-5H3;8-9H,5-7H2,1-4H3;8H,4-7H2,1-3H3. The molecule has 8 atom stereocenters. The summed E-state index contributed by atoms with van der Waals surface area (Å²) in [4.78, 5) is 138. The minimum atomic E-state index is -1.44. The SMILES string of the molecule is CCC(C)(C)C(=O)OC(C)(C)C(=O)OC1CCOC1=O.CCC(C)(C)C(=O)OC(C)(C)C1COC(=O)C1.CCC(C)C(=O)OC(C)(C)C(=O)OC1CCOC1=O.CCC(C)C(=O)OC(C)(C)C1COC(=O)C1.CCC(C)C(=O)OC1(C)CCOC(=O)C1. The first-order valence-corrected chi connectivity index (χ1v) is 30.3. The van der Waals surface area contributed by atoms with Crippen molar-refractivity contribution in [3.63, 3.8) is 0 Å². The first kappa shape index (κ1) is 78.7. The molecule has 24 nitrogen and oxygen atoms in total. The van der Waals surface area contributed by atoms with E-state index in [0.29, 0.717) is 64.8 Å². The topological polar surface area (TPSA) is 316 Å². The van der Waals surface area contributed by atoms with Gasteiger partial charge in [-0.05, 0) is 122 Å². The normalized spacial score (nSPS) is 22.1. The Morgan fingerprint density at radius 2 is 0.839 bits per heavy atom. The Morgan fingerprint density at radius 1 is 0.471 bits per heavy atom. The van der Waals surface area contributed by atoms with Crippen LogP contribution in [0.25, 0.3) is 0 Å². The van der Waals surface area contributed by atoms with Gasteiger partial charge in [0.05, 0.1) is 80.9 Å². The number of carbonyl (C=O) groups excluding carboxylic acids is 12. The fourth-order valence-electron chi connectivity index (χ4n) is 7.38. The fourth-order valence-corrected chi connectivity index (χ4v) is 7.38. The first-order valence-electron chi connectivity index (χ1n) is 30.3. The average Bonchev–Trinajstić information content (AvgIpc) is 2.66. The summed E-state index contributed by atoms with van der Waals surface area (Å²) in [6.45, 7) is 38.5. The van der Waals surface area contributed by atoms with Crippen molar-refractivity contribution in [1.29, 1.82) is 0 Å². The second-order valence-electron chi connectivity index (χ2n) is 26.1. The molecule has 0 saturated carbocycles. The lowest BCUT2D eigenvalue weighted by molar-refractivity contribution is -0.188. The van der Waals surface area contributed by atoms with Crippen LogP contribution in [0.2, 0.25) is 0 Å². The lowest BCUT2D eigenvalue weighted by Gasteiger charge is -2.33. The first-order chi connectivity index (χ1) is 39.9. The second kappa shape index (κ2) is 33.8. The predicted octanol–water partition coefficient (Wildman–Crippen LogP) is 8.71. The molecule has 5 aliphatic rings. The van der Waals surface area contributed by atoms with Crippen LogP contribution in [0.3, 0.4) is 0 Å². The van der Waals surface area contributed by atoms with Crippen LogP contribution in [-0.2, 0) is 114 Å². The molecule has 5 heterocycles. The number of ether oxygens (including phenoxy) is 12. The Morgan fingerprint density at radius 3 is 1.18 bits per heavy atom. The zero-order valence-electron chi connectivity index (χ0n) is 55.7. The van der Waals surface area contributed by atoms with Gasteiger partial charge in [0, 0.05) is 31.1 Å². The molecule has 498 valence electrons. The van der Waals surface area contributed by atoms with Gasteiger partial charge in [-0.1, -0.05) is 55.4 Å². The van der Waals surface area contributed by atoms with Gasteiger partial charge in [-0.15, -0.1) is 0 Å². The third-order valence-electron chi connectivity index (χ3n) is 16.0. The van der Waals surface area contributed by atoms with Crippen molar-refractivity contribution in [2.24, 2.45) is 40.4 Å². The van der Waals surface area contributed by atoms with Crippen molar-refractivity contribution < 1.29 is 114 Å². The van der Waals surface area contributed by atoms with Crippen LogP contribution in [0.5, 0.6) is 0 Å². The maximum Gasteiger partial charge on any atom is 0.350 e. The van der Waals surface area contributed by atoms with E-state index in [2.05, 4.69) is 0 Å². The Kier molecular flexibility index (Phi) is 30.6. The molecule has 0 radical (unpaired) electrons. The maximum atomic E-state index is 12.0. The molecule has 0 bridgehead atoms. The zero-order valence-corrected chi connectivity index (χ0v) is 55.7. The van der Waals surface area contributed by atoms with Gasteiger partial charge in [0.2, 0.25) is 23.4 Å². The molecule has 0 aliphatic carbocycles. The van der Waals surface area contributed by atoms with Gasteiger partial charge in [0.25, 0.3) is 0 Å². The van der Waals surface area contributed by atoms with E-state index in [-0.39, 0.29) is 85.0 Å². The number of hydrogen-bond acceptors (Lipinski definition) is 24. The molecule has 24 heteroatoms. The highest BCUT2D eigenvalue weighted by atomic mass is 16.6. The van der Waals surface area contributed by atoms with Gasteiger partial charge in [-0.3, -0.25) is 38.4 Å². The van der Waals surface area contributed by atoms with Gasteiger partial charge < -0.3 is 56.8 Å². The number of carbonyl (C=O) groups is 12. The molecule has 0 spiro atoms. The number of rotatable bonds is 21. The zero-order chi connectivity index (χ0) is 67.3. The summed E-state index contributed by atoms with van der Waals surface area (Å²) < 4.78 is 60.8. The summed E-state index contributed by atoms with van der Waals surface area (Å²) in [6, 6.07) is 0. The monoisotopic (exact) mass is 1240 g/mol. The highest BCUT2D eigenvalue weighted by Gasteiger charge is 2.45. The van der Waals surface area contributed by atoms with Crippen LogP contribution < -0.4 is 0 Å². The van der Waals surface area contributed by atoms with E-state index in [1.54, 1.807) is 27.7 Å². The van der Waals surface area contributed by atoms with Crippen LogP contribution in [0.4, 0.5) is 0 Å². The van der Waals surface area contributed by atoms with E-state index in [9.17, 15) is 57.5 Å². The number of cyclic esters (lactones) is 5. The molecule has 5 rings (SSSR count). The third-order valence-corrected chi connectivity index (χ3v) is 16.0. The second-order valence-corrected chi connectivity index (χ2v) is 26.1. The summed E-state index contributed by atoms with van der Waals surface area (Å²) in [5.74, 6) is -5.49. The predicted molar refractivity (Wildman–Crippen MR) is 311 cm³/mol. The van der Waals surface area contributed by atoms with Crippen LogP contribution in [0, 0.1) is 40.4 Å². The van der Waals surface area contributed by atoms with E-state index in [1.165, 1.54) is 27.7 Å². The summed E-state index contributed by atoms with van der Waals surface area (Å²) in [6.07, 6.45) is 3.72. The molecule has 5 saturated heterocycles. The van der Waals surface area contributed by atoms with E-state index in [1.807, 2.05) is 90.0 Å². The van der Waals surface area contributed by atoms with E-state index in [4.69, 9.17) is 56.8 Å². The van der Waals surface area contributed by atoms with Crippen molar-refractivity contribution in [2.45, 2.75) is 256 Å². The molecule has 8 unspecified atom stereocenters. The molecule has 5 fully saturated rings. The van der Waals surface area contributed by atoms with Crippen LogP contribution >= 0.6 is 0 Å². The van der Waals surface area contributed by atoms with Crippen molar-refractivity contribution in [3.05, 3.63) is 0 Å². The molecule has 0 amide bonds. The lowest BCUT2D eigenvalue weighted by atomic mass is 9.87. The number of hydrogen-bond donors (Lipinski definition) is 0. The van der Waals surface area contributed by atoms with Crippen molar-refractivity contribution in [3.8, 4) is 0 Å². The van der Waals surface area contributed by atoms with E-state index >= 15 is 0 Å². The molecule has 0 N–H and O–H groups in total. The van der Waals surface area contributed by atoms with Crippen LogP contribution in [-0.4, -0.2) is 145 Å². The summed E-state index contributed by atoms with van der Waals surface area (Å²) in [7, 11) is 0. The van der Waals surface area contributed by atoms with Gasteiger partial charge in [0.1, 0.15) is 16.8 Å². The average molecular weight is 1240 g/mol. The van der Waals surface area contributed by atoms with Gasteiger partial charge >= 0.3 is 71.6 Å². The molecule has 0 aromatic heterocycles. The molecule has 0 aromatic carbocycles. The minimum Gasteiger partial charge on any atom is -0.465 e. The van der Waals surface area contributed by atoms with Crippen LogP contribution in [0.15, 0.2) is 0 Å². The smallest absolute Gasteiger partial charge is 0.350 e. The van der Waals surface area contributed by atoms with Crippen molar-refractivity contribution in [2.75, 3.05) is 33.0 Å². The molecular weight excluding hydrogens is 1140 g/mol. The van der Waals surface area contributed by atoms with E-state index in [0.717, 1.165) is 19.3 Å². The quantitative estimate of drug-likeness (QED) is 0.0765. The Bertz CT molecular complexity index is 2400. The van der Waals surface area contributed by atoms with Crippen LogP contribution in [0.1, 0.15) is 216 Å². The lowest BCUT2D eigenvalue weighted by Crippen LogP contribution is -2.44. The Labute approximate surface area is 514 Å². The third kappa shape index (κ3) is 25.7. The Hall–Kier alpha value is -6.36. The molecule has 87 heavy (non-hydrogen) atoms. The maximum absolute atomic E-state index is 12.0. The summed E-state index contributed by atoms with van der Waals surface area (Å²) >= 11 is 0. The molecule has 0 aromatic rings. The Balaban J connectivity index is 0.000000546. The minimum absolute atomic E-state index is 0.0343. The summed E-state index contributed by atoms with van der Waals surface area (Å²) in [5, 5.41) is 0. The number of esters is 12. The van der Waals surface area contributed by atoms with Gasteiger partial charge in [0.15, 0.2) is 0 Å². The molecule has 5 aliphatic heterocycles. The van der Waals surface area contributed by atoms with Gasteiger partial charge in [-0.25, -0.2) is 19.2 Å².